The first-order chi connectivity index (χ1) is 17.9. The van der Waals surface area contributed by atoms with Gasteiger partial charge in [0.1, 0.15) is 0 Å². The van der Waals surface area contributed by atoms with Crippen LogP contribution in [0.2, 0.25) is 0 Å². The minimum atomic E-state index is 1.17. The Hall–Kier alpha value is -4.82. The fraction of sp³-hybridized carbons (Fsp3) is 0. The fourth-order valence-corrected chi connectivity index (χ4v) is 6.04. The van der Waals surface area contributed by atoms with Gasteiger partial charge in [-0.3, -0.25) is 0 Å². The standard InChI is InChI=1S/C34H22N2/c1-2-11-25-23(9-1)24-10-3-4-14-29(24)34-30(19-20-35-34)26-18-17-22(21-31(25)26)36-32-15-7-5-12-27(32)28-13-6-8-16-33(28)36/h1-21,35H. The lowest BCUT2D eigenvalue weighted by Gasteiger charge is -2.22. The Morgan fingerprint density at radius 2 is 0.944 bits per heavy atom. The highest BCUT2D eigenvalue weighted by atomic mass is 15.0. The second-order valence-corrected chi connectivity index (χ2v) is 9.46. The van der Waals surface area contributed by atoms with E-state index in [0.717, 1.165) is 0 Å². The third kappa shape index (κ3) is 2.61. The minimum absolute atomic E-state index is 1.17. The van der Waals surface area contributed by atoms with Gasteiger partial charge in [0.05, 0.1) is 16.7 Å². The smallest absolute Gasteiger partial charge is 0.0541 e. The van der Waals surface area contributed by atoms with Gasteiger partial charge in [0, 0.05) is 33.8 Å². The van der Waals surface area contributed by atoms with Crippen LogP contribution in [0, 0.1) is 0 Å². The van der Waals surface area contributed by atoms with E-state index in [0.29, 0.717) is 0 Å². The number of aromatic amines is 1. The first-order valence-corrected chi connectivity index (χ1v) is 12.4. The van der Waals surface area contributed by atoms with Crippen molar-refractivity contribution in [2.24, 2.45) is 0 Å². The summed E-state index contributed by atoms with van der Waals surface area (Å²) in [5.74, 6) is 0. The van der Waals surface area contributed by atoms with Gasteiger partial charge in [0.15, 0.2) is 0 Å². The summed E-state index contributed by atoms with van der Waals surface area (Å²) >= 11 is 0. The average molecular weight is 459 g/mol. The molecule has 0 bridgehead atoms. The van der Waals surface area contributed by atoms with Crippen LogP contribution in [0.15, 0.2) is 128 Å². The van der Waals surface area contributed by atoms with Gasteiger partial charge < -0.3 is 9.55 Å². The molecule has 168 valence electrons. The number of H-pyrrole nitrogens is 1. The Morgan fingerprint density at radius 3 is 1.64 bits per heavy atom. The first kappa shape index (κ1) is 19.5. The summed E-state index contributed by atoms with van der Waals surface area (Å²) in [6.45, 7) is 0. The zero-order valence-corrected chi connectivity index (χ0v) is 19.6. The number of para-hydroxylation sites is 2. The third-order valence-corrected chi connectivity index (χ3v) is 7.58. The van der Waals surface area contributed by atoms with Gasteiger partial charge in [-0.05, 0) is 58.1 Å². The molecule has 2 heterocycles. The SMILES string of the molecule is c1ccc2c(c1)-c1cc(-n3c4ccccc4c4ccccc43)ccc1-c1cc[nH]c1-c1ccccc1-2. The van der Waals surface area contributed by atoms with Crippen molar-refractivity contribution in [3.63, 3.8) is 0 Å². The predicted octanol–water partition coefficient (Wildman–Crippen LogP) is 9.09. The van der Waals surface area contributed by atoms with Crippen molar-refractivity contribution in [2.75, 3.05) is 0 Å². The van der Waals surface area contributed by atoms with E-state index >= 15 is 0 Å². The molecule has 0 amide bonds. The van der Waals surface area contributed by atoms with E-state index in [1.807, 2.05) is 0 Å². The second-order valence-electron chi connectivity index (χ2n) is 9.46. The van der Waals surface area contributed by atoms with Gasteiger partial charge >= 0.3 is 0 Å². The summed E-state index contributed by atoms with van der Waals surface area (Å²) in [5.41, 5.74) is 13.5. The molecule has 0 spiro atoms. The zero-order valence-electron chi connectivity index (χ0n) is 19.6. The number of rotatable bonds is 1. The molecule has 0 fully saturated rings. The normalized spacial score (nSPS) is 11.9. The van der Waals surface area contributed by atoms with E-state index in [1.54, 1.807) is 0 Å². The molecule has 1 aliphatic carbocycles. The molecule has 0 atom stereocenters. The molecule has 8 rings (SSSR count). The molecule has 0 aliphatic heterocycles. The molecule has 36 heavy (non-hydrogen) atoms. The molecule has 0 unspecified atom stereocenters. The van der Waals surface area contributed by atoms with Crippen LogP contribution in [0.4, 0.5) is 0 Å². The minimum Gasteiger partial charge on any atom is -0.361 e. The largest absolute Gasteiger partial charge is 0.361 e. The summed E-state index contributed by atoms with van der Waals surface area (Å²) in [6, 6.07) is 44.1. The van der Waals surface area contributed by atoms with Gasteiger partial charge in [0.2, 0.25) is 0 Å². The maximum Gasteiger partial charge on any atom is 0.0541 e. The predicted molar refractivity (Wildman–Crippen MR) is 150 cm³/mol. The lowest BCUT2D eigenvalue weighted by molar-refractivity contribution is 1.18. The number of aromatic nitrogens is 2. The number of hydrogen-bond acceptors (Lipinski definition) is 0. The topological polar surface area (TPSA) is 20.7 Å². The van der Waals surface area contributed by atoms with E-state index in [1.165, 1.54) is 72.1 Å². The molecule has 2 heteroatoms. The molecule has 0 saturated carbocycles. The van der Waals surface area contributed by atoms with Crippen LogP contribution in [0.1, 0.15) is 0 Å². The Kier molecular flexibility index (Phi) is 3.97. The first-order valence-electron chi connectivity index (χ1n) is 12.4. The van der Waals surface area contributed by atoms with Crippen LogP contribution in [-0.4, -0.2) is 9.55 Å². The van der Waals surface area contributed by atoms with E-state index < -0.39 is 0 Å². The van der Waals surface area contributed by atoms with E-state index in [2.05, 4.69) is 137 Å². The van der Waals surface area contributed by atoms with Crippen molar-refractivity contribution in [2.45, 2.75) is 0 Å². The van der Waals surface area contributed by atoms with Crippen molar-refractivity contribution in [3.05, 3.63) is 128 Å². The van der Waals surface area contributed by atoms with Crippen LogP contribution < -0.4 is 0 Å². The molecule has 1 aliphatic rings. The van der Waals surface area contributed by atoms with E-state index in [-0.39, 0.29) is 0 Å². The van der Waals surface area contributed by atoms with Crippen molar-refractivity contribution in [1.82, 2.24) is 9.55 Å². The molecule has 1 N–H and O–H groups in total. The Labute approximate surface area is 209 Å². The molecule has 0 saturated heterocycles. The van der Waals surface area contributed by atoms with Crippen LogP contribution in [0.25, 0.3) is 72.1 Å². The van der Waals surface area contributed by atoms with Crippen molar-refractivity contribution in [1.29, 1.82) is 0 Å². The highest BCUT2D eigenvalue weighted by Crippen LogP contribution is 2.47. The summed E-state index contributed by atoms with van der Waals surface area (Å²) in [6.07, 6.45) is 2.06. The third-order valence-electron chi connectivity index (χ3n) is 7.58. The van der Waals surface area contributed by atoms with Crippen LogP contribution in [-0.2, 0) is 0 Å². The molecule has 2 nitrogen and oxygen atoms in total. The van der Waals surface area contributed by atoms with Gasteiger partial charge in [-0.2, -0.15) is 0 Å². The quantitative estimate of drug-likeness (QED) is 0.253. The van der Waals surface area contributed by atoms with Crippen LogP contribution in [0.5, 0.6) is 0 Å². The Morgan fingerprint density at radius 1 is 0.417 bits per heavy atom. The number of fused-ring (bicyclic) bond motifs is 11. The lowest BCUT2D eigenvalue weighted by atomic mass is 9.83. The number of nitrogens with one attached hydrogen (secondary N) is 1. The Balaban J connectivity index is 1.49. The lowest BCUT2D eigenvalue weighted by Crippen LogP contribution is -1.99. The maximum atomic E-state index is 3.54. The summed E-state index contributed by atoms with van der Waals surface area (Å²) in [7, 11) is 0. The number of nitrogens with zero attached hydrogens (tertiary/aromatic N) is 1. The average Bonchev–Trinajstić information content (AvgIpc) is 3.55. The van der Waals surface area contributed by atoms with Crippen LogP contribution in [0.3, 0.4) is 0 Å². The van der Waals surface area contributed by atoms with Gasteiger partial charge in [0.25, 0.3) is 0 Å². The number of hydrogen-bond donors (Lipinski definition) is 1. The van der Waals surface area contributed by atoms with Gasteiger partial charge in [-0.1, -0.05) is 91.0 Å². The highest BCUT2D eigenvalue weighted by molar-refractivity contribution is 6.09. The highest BCUT2D eigenvalue weighted by Gasteiger charge is 2.23. The summed E-state index contributed by atoms with van der Waals surface area (Å²) in [5, 5.41) is 2.56. The van der Waals surface area contributed by atoms with Gasteiger partial charge in [-0.25, -0.2) is 0 Å². The molecule has 2 aromatic heterocycles. The van der Waals surface area contributed by atoms with Crippen molar-refractivity contribution >= 4 is 21.8 Å². The molecular formula is C34H22N2. The summed E-state index contributed by atoms with van der Waals surface area (Å²) < 4.78 is 2.40. The second kappa shape index (κ2) is 7.34. The van der Waals surface area contributed by atoms with Crippen molar-refractivity contribution < 1.29 is 0 Å². The molecular weight excluding hydrogens is 436 g/mol. The number of benzene rings is 5. The fourth-order valence-electron chi connectivity index (χ4n) is 6.04. The molecule has 0 radical (unpaired) electrons. The molecule has 7 aromatic rings. The van der Waals surface area contributed by atoms with Gasteiger partial charge in [-0.15, -0.1) is 0 Å². The summed E-state index contributed by atoms with van der Waals surface area (Å²) in [4.78, 5) is 3.54. The van der Waals surface area contributed by atoms with E-state index in [9.17, 15) is 0 Å². The maximum absolute atomic E-state index is 3.54. The van der Waals surface area contributed by atoms with E-state index in [4.69, 9.17) is 0 Å². The Bertz CT molecular complexity index is 1900. The molecule has 5 aromatic carbocycles. The zero-order chi connectivity index (χ0) is 23.6. The van der Waals surface area contributed by atoms with Crippen molar-refractivity contribution in [3.8, 4) is 50.3 Å². The van der Waals surface area contributed by atoms with Crippen LogP contribution >= 0.6 is 0 Å². The monoisotopic (exact) mass is 458 g/mol.